The number of nitrogens with one attached hydrogen (secondary N) is 1. The molecule has 98 valence electrons. The second-order valence-electron chi connectivity index (χ2n) is 3.95. The first-order valence-corrected chi connectivity index (χ1v) is 7.47. The molecule has 0 aliphatic rings. The smallest absolute Gasteiger partial charge is 0.255 e. The molecule has 0 unspecified atom stereocenters. The Morgan fingerprint density at radius 2 is 2.05 bits per heavy atom. The van der Waals surface area contributed by atoms with Crippen LogP contribution in [0.25, 0.3) is 0 Å². The van der Waals surface area contributed by atoms with Gasteiger partial charge in [-0.3, -0.25) is 4.79 Å². The monoisotopic (exact) mass is 292 g/mol. The number of nitrogens with zero attached hydrogens (tertiary/aromatic N) is 1. The van der Waals surface area contributed by atoms with E-state index >= 15 is 0 Å². The summed E-state index contributed by atoms with van der Waals surface area (Å²) < 4.78 is 0. The molecule has 1 N–H and O–H groups in total. The number of hydrogen-bond acceptors (Lipinski definition) is 3. The average molecular weight is 293 g/mol. The molecule has 1 amide bonds. The van der Waals surface area contributed by atoms with Crippen LogP contribution in [0.15, 0.2) is 42.6 Å². The molecule has 2 rings (SSSR count). The quantitative estimate of drug-likeness (QED) is 0.870. The first-order valence-electron chi connectivity index (χ1n) is 5.70. The number of amides is 1. The third kappa shape index (κ3) is 3.98. The van der Waals surface area contributed by atoms with E-state index in [1.54, 1.807) is 30.1 Å². The van der Waals surface area contributed by atoms with Gasteiger partial charge in [0.1, 0.15) is 5.15 Å². The van der Waals surface area contributed by atoms with Gasteiger partial charge in [-0.15, -0.1) is 0 Å². The van der Waals surface area contributed by atoms with Crippen LogP contribution in [-0.2, 0) is 5.75 Å². The van der Waals surface area contributed by atoms with Gasteiger partial charge < -0.3 is 5.32 Å². The summed E-state index contributed by atoms with van der Waals surface area (Å²) in [6, 6.07) is 10.9. The Bertz CT molecular complexity index is 572. The maximum Gasteiger partial charge on any atom is 0.255 e. The molecule has 0 aliphatic carbocycles. The summed E-state index contributed by atoms with van der Waals surface area (Å²) in [5.41, 5.74) is 2.46. The molecule has 1 aromatic carbocycles. The van der Waals surface area contributed by atoms with Gasteiger partial charge in [0.05, 0.1) is 0 Å². The number of rotatable bonds is 4. The van der Waals surface area contributed by atoms with Crippen LogP contribution in [0.4, 0.5) is 5.69 Å². The van der Waals surface area contributed by atoms with Crippen molar-refractivity contribution in [3.05, 3.63) is 58.9 Å². The van der Waals surface area contributed by atoms with Crippen LogP contribution in [0.2, 0.25) is 5.15 Å². The lowest BCUT2D eigenvalue weighted by Gasteiger charge is -2.06. The first-order chi connectivity index (χ1) is 9.19. The van der Waals surface area contributed by atoms with Crippen LogP contribution >= 0.6 is 23.4 Å². The van der Waals surface area contributed by atoms with E-state index in [2.05, 4.69) is 10.3 Å². The minimum atomic E-state index is -0.155. The van der Waals surface area contributed by atoms with Crippen LogP contribution in [0.3, 0.4) is 0 Å². The molecule has 0 saturated heterocycles. The lowest BCUT2D eigenvalue weighted by Crippen LogP contribution is -2.11. The normalized spacial score (nSPS) is 10.2. The Morgan fingerprint density at radius 1 is 1.32 bits per heavy atom. The fourth-order valence-corrected chi connectivity index (χ4v) is 2.30. The van der Waals surface area contributed by atoms with Gasteiger partial charge in [-0.25, -0.2) is 4.98 Å². The highest BCUT2D eigenvalue weighted by Gasteiger charge is 2.06. The Morgan fingerprint density at radius 3 is 2.68 bits per heavy atom. The summed E-state index contributed by atoms with van der Waals surface area (Å²) in [6.07, 6.45) is 3.60. The summed E-state index contributed by atoms with van der Waals surface area (Å²) in [4.78, 5) is 15.9. The Labute approximate surface area is 121 Å². The molecule has 19 heavy (non-hydrogen) atoms. The standard InChI is InChI=1S/C14H13ClN2OS/c1-19-9-10-2-4-11(5-3-10)14(18)17-12-6-7-16-13(15)8-12/h2-8H,9H2,1H3,(H,16,17,18). The number of carbonyl (C=O) groups is 1. The summed E-state index contributed by atoms with van der Waals surface area (Å²) in [5, 5.41) is 3.14. The maximum atomic E-state index is 12.0. The molecule has 0 radical (unpaired) electrons. The highest BCUT2D eigenvalue weighted by atomic mass is 35.5. The van der Waals surface area contributed by atoms with Crippen molar-refractivity contribution in [1.82, 2.24) is 4.98 Å². The molecule has 2 aromatic rings. The molecule has 0 aliphatic heterocycles. The van der Waals surface area contributed by atoms with Gasteiger partial charge in [0, 0.05) is 23.2 Å². The van der Waals surface area contributed by atoms with Crippen molar-refractivity contribution < 1.29 is 4.79 Å². The summed E-state index contributed by atoms with van der Waals surface area (Å²) in [5.74, 6) is 0.792. The van der Waals surface area contributed by atoms with Crippen molar-refractivity contribution in [2.24, 2.45) is 0 Å². The molecule has 0 spiro atoms. The number of anilines is 1. The van der Waals surface area contributed by atoms with E-state index in [0.29, 0.717) is 16.4 Å². The zero-order valence-corrected chi connectivity index (χ0v) is 12.0. The van der Waals surface area contributed by atoms with Gasteiger partial charge in [-0.1, -0.05) is 23.7 Å². The predicted molar refractivity (Wildman–Crippen MR) is 80.9 cm³/mol. The van der Waals surface area contributed by atoms with Crippen molar-refractivity contribution in [1.29, 1.82) is 0 Å². The highest BCUT2D eigenvalue weighted by molar-refractivity contribution is 7.97. The lowest BCUT2D eigenvalue weighted by molar-refractivity contribution is 0.102. The van der Waals surface area contributed by atoms with Crippen LogP contribution in [0.1, 0.15) is 15.9 Å². The zero-order chi connectivity index (χ0) is 13.7. The third-order valence-corrected chi connectivity index (χ3v) is 3.34. The van der Waals surface area contributed by atoms with Gasteiger partial charge in [-0.2, -0.15) is 11.8 Å². The van der Waals surface area contributed by atoms with Gasteiger partial charge in [0.15, 0.2) is 0 Å². The minimum Gasteiger partial charge on any atom is -0.322 e. The number of hydrogen-bond donors (Lipinski definition) is 1. The van der Waals surface area contributed by atoms with Crippen LogP contribution < -0.4 is 5.32 Å². The molecule has 3 nitrogen and oxygen atoms in total. The second kappa shape index (κ2) is 6.59. The number of aromatic nitrogens is 1. The van der Waals surface area contributed by atoms with E-state index < -0.39 is 0 Å². The molecule has 1 heterocycles. The van der Waals surface area contributed by atoms with Crippen molar-refractivity contribution in [3.8, 4) is 0 Å². The van der Waals surface area contributed by atoms with Crippen molar-refractivity contribution in [2.45, 2.75) is 5.75 Å². The SMILES string of the molecule is CSCc1ccc(C(=O)Nc2ccnc(Cl)c2)cc1. The molecule has 1 aromatic heterocycles. The van der Waals surface area contributed by atoms with E-state index in [1.807, 2.05) is 30.5 Å². The summed E-state index contributed by atoms with van der Waals surface area (Å²) in [7, 11) is 0. The molecular weight excluding hydrogens is 280 g/mol. The topological polar surface area (TPSA) is 42.0 Å². The largest absolute Gasteiger partial charge is 0.322 e. The Balaban J connectivity index is 2.07. The third-order valence-electron chi connectivity index (χ3n) is 2.51. The van der Waals surface area contributed by atoms with Gasteiger partial charge in [-0.05, 0) is 36.1 Å². The van der Waals surface area contributed by atoms with E-state index in [1.165, 1.54) is 5.56 Å². The minimum absolute atomic E-state index is 0.155. The number of thioether (sulfide) groups is 1. The molecule has 0 atom stereocenters. The van der Waals surface area contributed by atoms with Crippen molar-refractivity contribution >= 4 is 35.0 Å². The molecule has 5 heteroatoms. The molecule has 0 fully saturated rings. The molecule has 0 saturated carbocycles. The van der Waals surface area contributed by atoms with E-state index in [0.717, 1.165) is 5.75 Å². The van der Waals surface area contributed by atoms with Crippen molar-refractivity contribution in [3.63, 3.8) is 0 Å². The van der Waals surface area contributed by atoms with Crippen LogP contribution in [-0.4, -0.2) is 17.1 Å². The number of carbonyl (C=O) groups excluding carboxylic acids is 1. The lowest BCUT2D eigenvalue weighted by atomic mass is 10.1. The zero-order valence-electron chi connectivity index (χ0n) is 10.4. The van der Waals surface area contributed by atoms with Gasteiger partial charge in [0.25, 0.3) is 5.91 Å². The Kier molecular flexibility index (Phi) is 4.82. The number of benzene rings is 1. The fourth-order valence-electron chi connectivity index (χ4n) is 1.60. The average Bonchev–Trinajstić information content (AvgIpc) is 2.40. The number of pyridine rings is 1. The molecular formula is C14H13ClN2OS. The van der Waals surface area contributed by atoms with Gasteiger partial charge >= 0.3 is 0 Å². The first kappa shape index (κ1) is 13.9. The van der Waals surface area contributed by atoms with Crippen LogP contribution in [0.5, 0.6) is 0 Å². The second-order valence-corrected chi connectivity index (χ2v) is 5.20. The van der Waals surface area contributed by atoms with E-state index in [4.69, 9.17) is 11.6 Å². The fraction of sp³-hybridized carbons (Fsp3) is 0.143. The van der Waals surface area contributed by atoms with Gasteiger partial charge in [0.2, 0.25) is 0 Å². The van der Waals surface area contributed by atoms with Crippen LogP contribution in [0, 0.1) is 0 Å². The maximum absolute atomic E-state index is 12.0. The number of halogens is 1. The summed E-state index contributed by atoms with van der Waals surface area (Å²) in [6.45, 7) is 0. The molecule has 0 bridgehead atoms. The highest BCUT2D eigenvalue weighted by Crippen LogP contribution is 2.15. The Hall–Kier alpha value is -1.52. The van der Waals surface area contributed by atoms with E-state index in [-0.39, 0.29) is 5.91 Å². The van der Waals surface area contributed by atoms with E-state index in [9.17, 15) is 4.79 Å². The summed E-state index contributed by atoms with van der Waals surface area (Å²) >= 11 is 7.52. The van der Waals surface area contributed by atoms with Crippen molar-refractivity contribution in [2.75, 3.05) is 11.6 Å². The predicted octanol–water partition coefficient (Wildman–Crippen LogP) is 3.85.